The summed E-state index contributed by atoms with van der Waals surface area (Å²) in [4.78, 5) is 10.9. The Kier molecular flexibility index (Phi) is 3.74. The van der Waals surface area contributed by atoms with Gasteiger partial charge in [-0.1, -0.05) is 12.1 Å². The number of aromatic nitrogens is 2. The van der Waals surface area contributed by atoms with Crippen molar-refractivity contribution in [2.75, 3.05) is 13.7 Å². The van der Waals surface area contributed by atoms with E-state index in [4.69, 9.17) is 9.84 Å². The van der Waals surface area contributed by atoms with Crippen LogP contribution in [0.25, 0.3) is 11.3 Å². The number of carboxylic acids is 1. The molecule has 2 aromatic rings. The fourth-order valence-corrected chi connectivity index (χ4v) is 1.75. The predicted octanol–water partition coefficient (Wildman–Crippen LogP) is 1.89. The average Bonchev–Trinajstić information content (AvgIpc) is 2.84. The molecule has 1 N–H and O–H groups in total. The first-order chi connectivity index (χ1) is 8.72. The third kappa shape index (κ3) is 2.57. The lowest BCUT2D eigenvalue weighted by atomic mass is 10.1. The van der Waals surface area contributed by atoms with Crippen LogP contribution in [0.5, 0.6) is 0 Å². The highest BCUT2D eigenvalue weighted by molar-refractivity contribution is 5.89. The molecule has 0 fully saturated rings. The Balaban J connectivity index is 2.33. The van der Waals surface area contributed by atoms with Crippen molar-refractivity contribution in [1.82, 2.24) is 9.78 Å². The molecule has 0 spiro atoms. The SMILES string of the molecule is COCCn1nccc1-c1cccc(C(=O)O)c1. The molecule has 0 unspecified atom stereocenters. The second-order valence-corrected chi connectivity index (χ2v) is 3.82. The van der Waals surface area contributed by atoms with Crippen LogP contribution in [-0.2, 0) is 11.3 Å². The fraction of sp³-hybridized carbons (Fsp3) is 0.231. The van der Waals surface area contributed by atoms with Crippen LogP contribution in [-0.4, -0.2) is 34.6 Å². The smallest absolute Gasteiger partial charge is 0.335 e. The molecule has 0 atom stereocenters. The molecule has 0 amide bonds. The van der Waals surface area contributed by atoms with E-state index in [0.717, 1.165) is 11.3 Å². The average molecular weight is 246 g/mol. The van der Waals surface area contributed by atoms with Crippen LogP contribution in [0.1, 0.15) is 10.4 Å². The van der Waals surface area contributed by atoms with E-state index in [1.807, 2.05) is 12.1 Å². The normalized spacial score (nSPS) is 10.5. The maximum atomic E-state index is 10.9. The molecule has 94 valence electrons. The number of aromatic carboxylic acids is 1. The van der Waals surface area contributed by atoms with Crippen LogP contribution in [0.15, 0.2) is 36.5 Å². The van der Waals surface area contributed by atoms with Crippen molar-refractivity contribution in [2.45, 2.75) is 6.54 Å². The van der Waals surface area contributed by atoms with Gasteiger partial charge in [-0.3, -0.25) is 4.68 Å². The first-order valence-electron chi connectivity index (χ1n) is 5.57. The summed E-state index contributed by atoms with van der Waals surface area (Å²) in [5.41, 5.74) is 1.99. The molecule has 2 rings (SSSR count). The lowest BCUT2D eigenvalue weighted by Gasteiger charge is -2.07. The third-order valence-electron chi connectivity index (χ3n) is 2.63. The molecule has 18 heavy (non-hydrogen) atoms. The van der Waals surface area contributed by atoms with Crippen molar-refractivity contribution in [2.24, 2.45) is 0 Å². The van der Waals surface area contributed by atoms with Crippen molar-refractivity contribution >= 4 is 5.97 Å². The highest BCUT2D eigenvalue weighted by Crippen LogP contribution is 2.20. The van der Waals surface area contributed by atoms with Crippen LogP contribution < -0.4 is 0 Å². The third-order valence-corrected chi connectivity index (χ3v) is 2.63. The zero-order valence-corrected chi connectivity index (χ0v) is 10.0. The van der Waals surface area contributed by atoms with E-state index in [-0.39, 0.29) is 5.56 Å². The largest absolute Gasteiger partial charge is 0.478 e. The van der Waals surface area contributed by atoms with E-state index < -0.39 is 5.97 Å². The summed E-state index contributed by atoms with van der Waals surface area (Å²) in [5.74, 6) is -0.931. The van der Waals surface area contributed by atoms with Gasteiger partial charge in [0.25, 0.3) is 0 Å². The first kappa shape index (κ1) is 12.3. The lowest BCUT2D eigenvalue weighted by molar-refractivity contribution is 0.0697. The van der Waals surface area contributed by atoms with E-state index in [2.05, 4.69) is 5.10 Å². The van der Waals surface area contributed by atoms with Gasteiger partial charge < -0.3 is 9.84 Å². The highest BCUT2D eigenvalue weighted by Gasteiger charge is 2.08. The minimum absolute atomic E-state index is 0.270. The highest BCUT2D eigenvalue weighted by atomic mass is 16.5. The van der Waals surface area contributed by atoms with Crippen molar-refractivity contribution in [1.29, 1.82) is 0 Å². The van der Waals surface area contributed by atoms with Gasteiger partial charge in [-0.25, -0.2) is 4.79 Å². The van der Waals surface area contributed by atoms with Gasteiger partial charge in [-0.05, 0) is 18.2 Å². The summed E-state index contributed by atoms with van der Waals surface area (Å²) in [6.45, 7) is 1.20. The summed E-state index contributed by atoms with van der Waals surface area (Å²) in [6, 6.07) is 8.67. The number of rotatable bonds is 5. The van der Waals surface area contributed by atoms with Crippen LogP contribution in [0, 0.1) is 0 Å². The molecule has 0 aliphatic carbocycles. The summed E-state index contributed by atoms with van der Waals surface area (Å²) in [7, 11) is 1.63. The maximum absolute atomic E-state index is 10.9. The van der Waals surface area contributed by atoms with Gasteiger partial charge in [-0.2, -0.15) is 5.10 Å². The van der Waals surface area contributed by atoms with Gasteiger partial charge in [0.2, 0.25) is 0 Å². The molecule has 0 aliphatic heterocycles. The first-order valence-corrected chi connectivity index (χ1v) is 5.57. The number of nitrogens with zero attached hydrogens (tertiary/aromatic N) is 2. The van der Waals surface area contributed by atoms with E-state index in [1.165, 1.54) is 0 Å². The van der Waals surface area contributed by atoms with Gasteiger partial charge in [0.05, 0.1) is 24.4 Å². The van der Waals surface area contributed by atoms with Crippen molar-refractivity contribution in [3.05, 3.63) is 42.1 Å². The quantitative estimate of drug-likeness (QED) is 0.875. The number of ether oxygens (including phenoxy) is 1. The summed E-state index contributed by atoms with van der Waals surface area (Å²) in [6.07, 6.45) is 1.69. The van der Waals surface area contributed by atoms with E-state index >= 15 is 0 Å². The number of methoxy groups -OCH3 is 1. The van der Waals surface area contributed by atoms with Gasteiger partial charge >= 0.3 is 5.97 Å². The molecule has 0 saturated heterocycles. The molecule has 0 saturated carbocycles. The molecule has 5 nitrogen and oxygen atoms in total. The topological polar surface area (TPSA) is 64.4 Å². The van der Waals surface area contributed by atoms with Crippen molar-refractivity contribution in [3.63, 3.8) is 0 Å². The molecule has 1 aromatic carbocycles. The Labute approximate surface area is 105 Å². The second kappa shape index (κ2) is 5.46. The molecule has 0 bridgehead atoms. The summed E-state index contributed by atoms with van der Waals surface area (Å²) < 4.78 is 6.81. The summed E-state index contributed by atoms with van der Waals surface area (Å²) >= 11 is 0. The second-order valence-electron chi connectivity index (χ2n) is 3.82. The minimum atomic E-state index is -0.931. The minimum Gasteiger partial charge on any atom is -0.478 e. The molecule has 1 aromatic heterocycles. The zero-order valence-electron chi connectivity index (χ0n) is 10.0. The van der Waals surface area contributed by atoms with E-state index in [9.17, 15) is 4.79 Å². The van der Waals surface area contributed by atoms with Crippen molar-refractivity contribution in [3.8, 4) is 11.3 Å². The monoisotopic (exact) mass is 246 g/mol. The number of hydrogen-bond acceptors (Lipinski definition) is 3. The van der Waals surface area contributed by atoms with Gasteiger partial charge in [0, 0.05) is 18.9 Å². The number of hydrogen-bond donors (Lipinski definition) is 1. The van der Waals surface area contributed by atoms with Crippen LogP contribution in [0.4, 0.5) is 0 Å². The van der Waals surface area contributed by atoms with Gasteiger partial charge in [-0.15, -0.1) is 0 Å². The number of carboxylic acid groups (broad SMARTS) is 1. The van der Waals surface area contributed by atoms with Gasteiger partial charge in [0.15, 0.2) is 0 Å². The van der Waals surface area contributed by atoms with E-state index in [1.54, 1.807) is 36.2 Å². The Morgan fingerprint density at radius 1 is 1.44 bits per heavy atom. The number of benzene rings is 1. The Bertz CT molecular complexity index is 549. The van der Waals surface area contributed by atoms with Crippen LogP contribution >= 0.6 is 0 Å². The molecule has 5 heteroatoms. The van der Waals surface area contributed by atoms with Crippen LogP contribution in [0.2, 0.25) is 0 Å². The van der Waals surface area contributed by atoms with Gasteiger partial charge in [0.1, 0.15) is 0 Å². The van der Waals surface area contributed by atoms with Crippen molar-refractivity contribution < 1.29 is 14.6 Å². The Morgan fingerprint density at radius 3 is 3.00 bits per heavy atom. The zero-order chi connectivity index (χ0) is 13.0. The summed E-state index contributed by atoms with van der Waals surface area (Å²) in [5, 5.41) is 13.2. The molecular weight excluding hydrogens is 232 g/mol. The van der Waals surface area contributed by atoms with E-state index in [0.29, 0.717) is 13.2 Å². The molecular formula is C13H14N2O3. The Hall–Kier alpha value is -2.14. The molecule has 1 heterocycles. The molecule has 0 aliphatic rings. The Morgan fingerprint density at radius 2 is 2.28 bits per heavy atom. The fourth-order valence-electron chi connectivity index (χ4n) is 1.75. The van der Waals surface area contributed by atoms with Crippen LogP contribution in [0.3, 0.4) is 0 Å². The predicted molar refractivity (Wildman–Crippen MR) is 66.5 cm³/mol. The number of carbonyl (C=O) groups is 1. The lowest BCUT2D eigenvalue weighted by Crippen LogP contribution is -2.07. The standard InChI is InChI=1S/C13H14N2O3/c1-18-8-7-15-12(5-6-14-15)10-3-2-4-11(9-10)13(16)17/h2-6,9H,7-8H2,1H3,(H,16,17). The molecule has 0 radical (unpaired) electrons. The maximum Gasteiger partial charge on any atom is 0.335 e.